The lowest BCUT2D eigenvalue weighted by Gasteiger charge is -2.38. The van der Waals surface area contributed by atoms with Crippen LogP contribution in [0.2, 0.25) is 0 Å². The van der Waals surface area contributed by atoms with E-state index in [4.69, 9.17) is 5.11 Å². The van der Waals surface area contributed by atoms with Gasteiger partial charge in [0.2, 0.25) is 0 Å². The van der Waals surface area contributed by atoms with E-state index in [0.29, 0.717) is 17.8 Å². The molecule has 2 aliphatic rings. The molecule has 108 valence electrons. The minimum Gasteiger partial charge on any atom is -0.481 e. The summed E-state index contributed by atoms with van der Waals surface area (Å²) in [5.74, 6) is -0.0802. The molecule has 2 nitrogen and oxygen atoms in total. The molecule has 1 saturated carbocycles. The van der Waals surface area contributed by atoms with Crippen LogP contribution in [0.4, 0.5) is 0 Å². The molecule has 2 atom stereocenters. The first kappa shape index (κ1) is 14.6. The van der Waals surface area contributed by atoms with Crippen molar-refractivity contribution in [3.8, 4) is 0 Å². The van der Waals surface area contributed by atoms with Crippen molar-refractivity contribution >= 4 is 5.97 Å². The highest BCUT2D eigenvalue weighted by Crippen LogP contribution is 2.54. The minimum atomic E-state index is -0.639. The van der Waals surface area contributed by atoms with Gasteiger partial charge in [0.05, 0.1) is 0 Å². The summed E-state index contributed by atoms with van der Waals surface area (Å²) in [4.78, 5) is 10.8. The van der Waals surface area contributed by atoms with Gasteiger partial charge in [-0.2, -0.15) is 0 Å². The first-order valence-electron chi connectivity index (χ1n) is 8.01. The van der Waals surface area contributed by atoms with Crippen LogP contribution in [0.1, 0.15) is 78.1 Å². The van der Waals surface area contributed by atoms with Crippen molar-refractivity contribution in [2.24, 2.45) is 11.3 Å². The van der Waals surface area contributed by atoms with Crippen LogP contribution in [0.15, 0.2) is 11.1 Å². The maximum absolute atomic E-state index is 10.8. The van der Waals surface area contributed by atoms with Gasteiger partial charge >= 0.3 is 5.97 Å². The van der Waals surface area contributed by atoms with E-state index >= 15 is 0 Å². The number of carboxylic acids is 1. The van der Waals surface area contributed by atoms with Gasteiger partial charge in [-0.25, -0.2) is 0 Å². The monoisotopic (exact) mass is 264 g/mol. The zero-order valence-electron chi connectivity index (χ0n) is 12.5. The van der Waals surface area contributed by atoms with Crippen LogP contribution in [0, 0.1) is 11.3 Å². The largest absolute Gasteiger partial charge is 0.481 e. The third kappa shape index (κ3) is 3.21. The maximum Gasteiger partial charge on any atom is 0.303 e. The van der Waals surface area contributed by atoms with Gasteiger partial charge in [0.1, 0.15) is 0 Å². The summed E-state index contributed by atoms with van der Waals surface area (Å²) in [5.41, 5.74) is 3.85. The lowest BCUT2D eigenvalue weighted by Crippen LogP contribution is -2.25. The lowest BCUT2D eigenvalue weighted by molar-refractivity contribution is -0.137. The molecule has 0 aromatic rings. The summed E-state index contributed by atoms with van der Waals surface area (Å²) >= 11 is 0. The van der Waals surface area contributed by atoms with Crippen molar-refractivity contribution in [2.75, 3.05) is 0 Å². The predicted octanol–water partition coefficient (Wildman–Crippen LogP) is 4.94. The first-order chi connectivity index (χ1) is 9.07. The molecule has 2 rings (SSSR count). The van der Waals surface area contributed by atoms with E-state index in [9.17, 15) is 4.79 Å². The number of carbonyl (C=O) groups is 1. The summed E-state index contributed by atoms with van der Waals surface area (Å²) in [5, 5.41) is 8.93. The normalized spacial score (nSPS) is 30.5. The smallest absolute Gasteiger partial charge is 0.303 e. The molecule has 0 saturated heterocycles. The predicted molar refractivity (Wildman–Crippen MR) is 78.1 cm³/mol. The molecule has 0 aromatic carbocycles. The van der Waals surface area contributed by atoms with Crippen LogP contribution in [0.3, 0.4) is 0 Å². The second-order valence-corrected chi connectivity index (χ2v) is 6.69. The van der Waals surface area contributed by atoms with Crippen molar-refractivity contribution in [2.45, 2.75) is 78.1 Å². The summed E-state index contributed by atoms with van der Waals surface area (Å²) < 4.78 is 0. The van der Waals surface area contributed by atoms with E-state index < -0.39 is 5.97 Å². The summed E-state index contributed by atoms with van der Waals surface area (Å²) in [6.07, 6.45) is 11.4. The molecule has 0 amide bonds. The Morgan fingerprint density at radius 2 is 2.21 bits per heavy atom. The fourth-order valence-corrected chi connectivity index (χ4v) is 4.18. The number of rotatable bonds is 6. The van der Waals surface area contributed by atoms with Crippen LogP contribution in [0.25, 0.3) is 0 Å². The summed E-state index contributed by atoms with van der Waals surface area (Å²) in [7, 11) is 0. The molecule has 0 radical (unpaired) electrons. The molecule has 0 spiro atoms. The van der Waals surface area contributed by atoms with E-state index in [0.717, 1.165) is 6.42 Å². The highest BCUT2D eigenvalue weighted by atomic mass is 16.4. The zero-order valence-corrected chi connectivity index (χ0v) is 12.5. The average molecular weight is 264 g/mol. The number of fused-ring (bicyclic) bond motifs is 1. The second kappa shape index (κ2) is 6.11. The third-order valence-corrected chi connectivity index (χ3v) is 5.32. The number of aliphatic carboxylic acids is 1. The average Bonchev–Trinajstić information content (AvgIpc) is 2.76. The van der Waals surface area contributed by atoms with Gasteiger partial charge in [-0.1, -0.05) is 31.4 Å². The number of hydrogen-bond donors (Lipinski definition) is 1. The molecular formula is C17H28O2. The Balaban J connectivity index is 2.17. The molecule has 19 heavy (non-hydrogen) atoms. The minimum absolute atomic E-state index is 0.338. The highest BCUT2D eigenvalue weighted by molar-refractivity contribution is 5.66. The van der Waals surface area contributed by atoms with Gasteiger partial charge in [-0.15, -0.1) is 0 Å². The van der Waals surface area contributed by atoms with E-state index in [1.54, 1.807) is 11.1 Å². The molecular weight excluding hydrogens is 236 g/mol. The van der Waals surface area contributed by atoms with E-state index in [-0.39, 0.29) is 0 Å². The summed E-state index contributed by atoms with van der Waals surface area (Å²) in [6, 6.07) is 0. The van der Waals surface area contributed by atoms with Crippen molar-refractivity contribution < 1.29 is 9.90 Å². The van der Waals surface area contributed by atoms with Gasteiger partial charge in [0, 0.05) is 6.42 Å². The van der Waals surface area contributed by atoms with Gasteiger partial charge in [0.15, 0.2) is 0 Å². The zero-order chi connectivity index (χ0) is 13.9. The van der Waals surface area contributed by atoms with Gasteiger partial charge in [0.25, 0.3) is 0 Å². The highest BCUT2D eigenvalue weighted by Gasteiger charge is 2.40. The molecule has 0 bridgehead atoms. The first-order valence-corrected chi connectivity index (χ1v) is 8.01. The maximum atomic E-state index is 10.8. The Morgan fingerprint density at radius 3 is 2.89 bits per heavy atom. The van der Waals surface area contributed by atoms with Gasteiger partial charge < -0.3 is 5.11 Å². The Labute approximate surface area is 117 Å². The topological polar surface area (TPSA) is 37.3 Å². The molecule has 1 N–H and O–H groups in total. The van der Waals surface area contributed by atoms with Crippen molar-refractivity contribution in [3.05, 3.63) is 11.1 Å². The molecule has 0 unspecified atom stereocenters. The quantitative estimate of drug-likeness (QED) is 0.690. The van der Waals surface area contributed by atoms with Crippen LogP contribution in [-0.4, -0.2) is 11.1 Å². The Hall–Kier alpha value is -0.790. The number of hydrogen-bond acceptors (Lipinski definition) is 1. The molecule has 0 aliphatic heterocycles. The lowest BCUT2D eigenvalue weighted by atomic mass is 9.67. The van der Waals surface area contributed by atoms with Crippen molar-refractivity contribution in [3.63, 3.8) is 0 Å². The Kier molecular flexibility index (Phi) is 4.70. The number of carboxylic acid groups (broad SMARTS) is 1. The van der Waals surface area contributed by atoms with Gasteiger partial charge in [-0.3, -0.25) is 4.79 Å². The third-order valence-electron chi connectivity index (χ3n) is 5.32. The van der Waals surface area contributed by atoms with E-state index in [1.165, 1.54) is 51.4 Å². The standard InChI is InChI=1S/C17H28O2/c1-3-4-6-14-13(8-9-16(18)19)10-12-17(2)11-5-7-15(14)17/h13H,3-12H2,1-2H3,(H,18,19)/t13-,17-/m0/s1. The van der Waals surface area contributed by atoms with Crippen LogP contribution < -0.4 is 0 Å². The number of allylic oxidation sites excluding steroid dienone is 2. The van der Waals surface area contributed by atoms with Crippen LogP contribution in [0.5, 0.6) is 0 Å². The van der Waals surface area contributed by atoms with Crippen molar-refractivity contribution in [1.82, 2.24) is 0 Å². The molecule has 1 fully saturated rings. The SMILES string of the molecule is CCCCC1=C2CCC[C@@]2(C)CC[C@@H]1CCC(=O)O. The fraction of sp³-hybridized carbons (Fsp3) is 0.824. The van der Waals surface area contributed by atoms with E-state index in [1.807, 2.05) is 0 Å². The van der Waals surface area contributed by atoms with Gasteiger partial charge in [-0.05, 0) is 62.7 Å². The van der Waals surface area contributed by atoms with Crippen LogP contribution in [-0.2, 0) is 4.79 Å². The molecule has 2 heteroatoms. The second-order valence-electron chi connectivity index (χ2n) is 6.69. The molecule has 0 heterocycles. The Bertz CT molecular complexity index is 369. The van der Waals surface area contributed by atoms with Crippen molar-refractivity contribution in [1.29, 1.82) is 0 Å². The number of unbranched alkanes of at least 4 members (excludes halogenated alkanes) is 1. The summed E-state index contributed by atoms with van der Waals surface area (Å²) in [6.45, 7) is 4.68. The van der Waals surface area contributed by atoms with E-state index in [2.05, 4.69) is 13.8 Å². The molecule has 2 aliphatic carbocycles. The molecule has 0 aromatic heterocycles. The Morgan fingerprint density at radius 1 is 1.42 bits per heavy atom. The van der Waals surface area contributed by atoms with Crippen LogP contribution >= 0.6 is 0 Å². The fourth-order valence-electron chi connectivity index (χ4n) is 4.18.